The molecule has 0 amide bonds. The number of thioether (sulfide) groups is 1. The number of rotatable bonds is 7. The zero-order chi connectivity index (χ0) is 13.6. The molecule has 1 aromatic carbocycles. The molecule has 6 heteroatoms. The van der Waals surface area contributed by atoms with Crippen LogP contribution >= 0.6 is 27.7 Å². The van der Waals surface area contributed by atoms with Crippen LogP contribution in [0.15, 0.2) is 33.6 Å². The molecule has 0 aliphatic carbocycles. The van der Waals surface area contributed by atoms with Gasteiger partial charge in [-0.15, -0.1) is 0 Å². The third kappa shape index (κ3) is 4.91. The van der Waals surface area contributed by atoms with Gasteiger partial charge in [-0.3, -0.25) is 0 Å². The molecule has 0 saturated heterocycles. The average Bonchev–Trinajstić information content (AvgIpc) is 2.29. The number of hydrogen-bond donors (Lipinski definition) is 1. The third-order valence-electron chi connectivity index (χ3n) is 2.38. The molecule has 0 saturated carbocycles. The fourth-order valence-corrected chi connectivity index (χ4v) is 4.54. The Hall–Kier alpha value is -0.0400. The van der Waals surface area contributed by atoms with E-state index >= 15 is 0 Å². The van der Waals surface area contributed by atoms with Gasteiger partial charge in [-0.05, 0) is 52.9 Å². The highest BCUT2D eigenvalue weighted by atomic mass is 79.9. The van der Waals surface area contributed by atoms with E-state index in [9.17, 15) is 8.42 Å². The van der Waals surface area contributed by atoms with E-state index < -0.39 is 10.0 Å². The topological polar surface area (TPSA) is 46.2 Å². The first-order chi connectivity index (χ1) is 8.47. The molecule has 0 spiro atoms. The van der Waals surface area contributed by atoms with Crippen LogP contribution in [0.25, 0.3) is 0 Å². The Morgan fingerprint density at radius 1 is 1.39 bits per heavy atom. The molecule has 1 N–H and O–H groups in total. The van der Waals surface area contributed by atoms with Crippen LogP contribution in [0.5, 0.6) is 0 Å². The Balaban J connectivity index is 2.68. The molecule has 3 nitrogen and oxygen atoms in total. The highest BCUT2D eigenvalue weighted by Crippen LogP contribution is 2.21. The second-order valence-electron chi connectivity index (χ2n) is 3.94. The molecule has 1 unspecified atom stereocenters. The first-order valence-electron chi connectivity index (χ1n) is 5.82. The molecular formula is C12H18BrNO2S2. The van der Waals surface area contributed by atoms with Gasteiger partial charge in [-0.25, -0.2) is 13.1 Å². The van der Waals surface area contributed by atoms with Gasteiger partial charge >= 0.3 is 0 Å². The van der Waals surface area contributed by atoms with E-state index in [1.165, 1.54) is 0 Å². The Morgan fingerprint density at radius 3 is 2.67 bits per heavy atom. The Morgan fingerprint density at radius 2 is 2.06 bits per heavy atom. The van der Waals surface area contributed by atoms with Gasteiger partial charge in [0.05, 0.1) is 4.90 Å². The third-order valence-corrected chi connectivity index (χ3v) is 5.92. The molecule has 1 atom stereocenters. The van der Waals surface area contributed by atoms with Gasteiger partial charge in [0.25, 0.3) is 0 Å². The maximum absolute atomic E-state index is 12.1. The lowest BCUT2D eigenvalue weighted by atomic mass is 10.3. The van der Waals surface area contributed by atoms with E-state index in [0.29, 0.717) is 9.37 Å². The molecule has 0 aliphatic heterocycles. The van der Waals surface area contributed by atoms with E-state index in [1.807, 2.05) is 18.7 Å². The molecular weight excluding hydrogens is 334 g/mol. The number of halogens is 1. The van der Waals surface area contributed by atoms with Gasteiger partial charge in [0.1, 0.15) is 0 Å². The van der Waals surface area contributed by atoms with Gasteiger partial charge in [0.2, 0.25) is 10.0 Å². The smallest absolute Gasteiger partial charge is 0.208 e. The zero-order valence-electron chi connectivity index (χ0n) is 10.5. The van der Waals surface area contributed by atoms with Crippen molar-refractivity contribution in [1.82, 2.24) is 4.72 Å². The van der Waals surface area contributed by atoms with Gasteiger partial charge in [0, 0.05) is 10.5 Å². The summed E-state index contributed by atoms with van der Waals surface area (Å²) in [6, 6.07) is 6.79. The summed E-state index contributed by atoms with van der Waals surface area (Å²) in [6.45, 7) is 3.99. The minimum Gasteiger partial charge on any atom is -0.208 e. The van der Waals surface area contributed by atoms with Crippen molar-refractivity contribution >= 4 is 37.7 Å². The van der Waals surface area contributed by atoms with Gasteiger partial charge in [-0.1, -0.05) is 19.1 Å². The van der Waals surface area contributed by atoms with Crippen molar-refractivity contribution in [2.24, 2.45) is 0 Å². The first kappa shape index (κ1) is 16.0. The Labute approximate surface area is 122 Å². The lowest BCUT2D eigenvalue weighted by Crippen LogP contribution is -2.33. The summed E-state index contributed by atoms with van der Waals surface area (Å²) in [5, 5.41) is 0. The predicted molar refractivity (Wildman–Crippen MR) is 81.5 cm³/mol. The maximum Gasteiger partial charge on any atom is 0.241 e. The molecule has 18 heavy (non-hydrogen) atoms. The molecule has 0 fully saturated rings. The Kier molecular flexibility index (Phi) is 6.70. The van der Waals surface area contributed by atoms with Gasteiger partial charge < -0.3 is 0 Å². The van der Waals surface area contributed by atoms with Gasteiger partial charge in [0.15, 0.2) is 0 Å². The van der Waals surface area contributed by atoms with E-state index in [1.54, 1.807) is 24.3 Å². The number of sulfonamides is 1. The van der Waals surface area contributed by atoms with E-state index in [2.05, 4.69) is 27.6 Å². The molecule has 0 bridgehead atoms. The van der Waals surface area contributed by atoms with Crippen molar-refractivity contribution in [2.45, 2.75) is 31.2 Å². The quantitative estimate of drug-likeness (QED) is 0.766. The SMILES string of the molecule is CCSCCC(C)NS(=O)(=O)c1ccccc1Br. The summed E-state index contributed by atoms with van der Waals surface area (Å²) >= 11 is 5.08. The van der Waals surface area contributed by atoms with E-state index in [0.717, 1.165) is 17.9 Å². The molecule has 102 valence electrons. The second-order valence-corrected chi connectivity index (χ2v) is 7.87. The fraction of sp³-hybridized carbons (Fsp3) is 0.500. The van der Waals surface area contributed by atoms with Crippen LogP contribution in [0.1, 0.15) is 20.3 Å². The van der Waals surface area contributed by atoms with Crippen molar-refractivity contribution in [3.05, 3.63) is 28.7 Å². The summed E-state index contributed by atoms with van der Waals surface area (Å²) in [6.07, 6.45) is 0.836. The minimum atomic E-state index is -3.43. The van der Waals surface area contributed by atoms with Crippen molar-refractivity contribution in [2.75, 3.05) is 11.5 Å². The van der Waals surface area contributed by atoms with Crippen LogP contribution in [0.4, 0.5) is 0 Å². The molecule has 0 aliphatic rings. The standard InChI is InChI=1S/C12H18BrNO2S2/c1-3-17-9-8-10(2)14-18(15,16)12-7-5-4-6-11(12)13/h4-7,10,14H,3,8-9H2,1-2H3. The van der Waals surface area contributed by atoms with Crippen LogP contribution in [0.3, 0.4) is 0 Å². The van der Waals surface area contributed by atoms with Crippen LogP contribution in [-0.4, -0.2) is 26.0 Å². The highest BCUT2D eigenvalue weighted by molar-refractivity contribution is 9.10. The molecule has 0 radical (unpaired) electrons. The van der Waals surface area contributed by atoms with Crippen LogP contribution in [-0.2, 0) is 10.0 Å². The summed E-state index contributed by atoms with van der Waals surface area (Å²) in [7, 11) is -3.43. The van der Waals surface area contributed by atoms with Gasteiger partial charge in [-0.2, -0.15) is 11.8 Å². The van der Waals surface area contributed by atoms with Crippen molar-refractivity contribution in [1.29, 1.82) is 0 Å². The van der Waals surface area contributed by atoms with Crippen molar-refractivity contribution in [3.8, 4) is 0 Å². The van der Waals surface area contributed by atoms with Crippen molar-refractivity contribution < 1.29 is 8.42 Å². The normalized spacial score (nSPS) is 13.5. The summed E-state index contributed by atoms with van der Waals surface area (Å²) in [4.78, 5) is 0.292. The van der Waals surface area contributed by atoms with E-state index in [-0.39, 0.29) is 6.04 Å². The van der Waals surface area contributed by atoms with Crippen LogP contribution < -0.4 is 4.72 Å². The van der Waals surface area contributed by atoms with E-state index in [4.69, 9.17) is 0 Å². The molecule has 1 rings (SSSR count). The summed E-state index contributed by atoms with van der Waals surface area (Å²) < 4.78 is 27.6. The second kappa shape index (κ2) is 7.53. The molecule has 0 aromatic heterocycles. The first-order valence-corrected chi connectivity index (χ1v) is 9.25. The molecule has 1 aromatic rings. The zero-order valence-corrected chi connectivity index (χ0v) is 13.7. The summed E-state index contributed by atoms with van der Waals surface area (Å²) in [5.41, 5.74) is 0. The fourth-order valence-electron chi connectivity index (χ4n) is 1.45. The largest absolute Gasteiger partial charge is 0.241 e. The number of nitrogens with one attached hydrogen (secondary N) is 1. The lowest BCUT2D eigenvalue weighted by molar-refractivity contribution is 0.556. The van der Waals surface area contributed by atoms with Crippen molar-refractivity contribution in [3.63, 3.8) is 0 Å². The van der Waals surface area contributed by atoms with Crippen LogP contribution in [0, 0.1) is 0 Å². The Bertz CT molecular complexity index is 477. The predicted octanol–water partition coefficient (Wildman–Crippen LogP) is 3.26. The minimum absolute atomic E-state index is 0.0545. The number of hydrogen-bond acceptors (Lipinski definition) is 3. The maximum atomic E-state index is 12.1. The average molecular weight is 352 g/mol. The molecule has 0 heterocycles. The summed E-state index contributed by atoms with van der Waals surface area (Å²) in [5.74, 6) is 2.03. The lowest BCUT2D eigenvalue weighted by Gasteiger charge is -2.14. The monoisotopic (exact) mass is 351 g/mol. The number of benzene rings is 1. The van der Waals surface area contributed by atoms with Crippen LogP contribution in [0.2, 0.25) is 0 Å². The highest BCUT2D eigenvalue weighted by Gasteiger charge is 2.19.